The first-order chi connectivity index (χ1) is 14.5. The van der Waals surface area contributed by atoms with Crippen LogP contribution < -0.4 is 5.32 Å². The van der Waals surface area contributed by atoms with Crippen LogP contribution in [0.1, 0.15) is 67.7 Å². The second-order valence-electron chi connectivity index (χ2n) is 10.1. The molecule has 1 saturated heterocycles. The summed E-state index contributed by atoms with van der Waals surface area (Å²) in [6, 6.07) is 3.20. The summed E-state index contributed by atoms with van der Waals surface area (Å²) in [6.07, 6.45) is 7.65. The second-order valence-corrected chi connectivity index (χ2v) is 11.3. The summed E-state index contributed by atoms with van der Waals surface area (Å²) in [5, 5.41) is 13.0. The van der Waals surface area contributed by atoms with Gasteiger partial charge in [-0.15, -0.1) is 11.3 Å². The van der Waals surface area contributed by atoms with Crippen molar-refractivity contribution in [2.24, 2.45) is 11.8 Å². The largest absolute Gasteiger partial charge is 0.383 e. The van der Waals surface area contributed by atoms with Crippen molar-refractivity contribution in [2.75, 3.05) is 19.7 Å². The lowest BCUT2D eigenvalue weighted by molar-refractivity contribution is -0.132. The number of piperidine rings is 1. The Kier molecular flexibility index (Phi) is 5.71. The maximum Gasteiger partial charge on any atom is 0.249 e. The van der Waals surface area contributed by atoms with Crippen LogP contribution in [-0.2, 0) is 28.0 Å². The Morgan fingerprint density at radius 3 is 2.93 bits per heavy atom. The van der Waals surface area contributed by atoms with E-state index in [-0.39, 0.29) is 23.5 Å². The first-order valence-corrected chi connectivity index (χ1v) is 12.8. The molecule has 3 atom stereocenters. The molecule has 3 heterocycles. The molecule has 30 heavy (non-hydrogen) atoms. The summed E-state index contributed by atoms with van der Waals surface area (Å²) < 4.78 is 6.47. The summed E-state index contributed by atoms with van der Waals surface area (Å²) in [5.41, 5.74) is 1.42. The molecular formula is C24H36N2O3S. The van der Waals surface area contributed by atoms with E-state index in [0.29, 0.717) is 12.0 Å². The molecule has 3 fully saturated rings. The van der Waals surface area contributed by atoms with Crippen LogP contribution >= 0.6 is 11.3 Å². The topological polar surface area (TPSA) is 61.8 Å². The normalized spacial score (nSPS) is 35.0. The highest BCUT2D eigenvalue weighted by Crippen LogP contribution is 2.46. The molecule has 1 spiro atoms. The number of thiophene rings is 1. The number of carbonyl (C=O) groups excluding carboxylic acids is 1. The Morgan fingerprint density at radius 2 is 2.23 bits per heavy atom. The van der Waals surface area contributed by atoms with Crippen LogP contribution in [0.5, 0.6) is 0 Å². The number of ether oxygens (including phenoxy) is 1. The molecule has 2 saturated carbocycles. The van der Waals surface area contributed by atoms with Crippen LogP contribution in [0, 0.1) is 11.8 Å². The van der Waals surface area contributed by atoms with E-state index in [4.69, 9.17) is 4.74 Å². The molecule has 0 aromatic carbocycles. The number of hydrogen-bond donors (Lipinski definition) is 2. The van der Waals surface area contributed by atoms with E-state index in [2.05, 4.69) is 30.1 Å². The van der Waals surface area contributed by atoms with Crippen LogP contribution in [0.4, 0.5) is 0 Å². The van der Waals surface area contributed by atoms with E-state index in [1.807, 2.05) is 11.3 Å². The lowest BCUT2D eigenvalue weighted by Gasteiger charge is -2.49. The molecule has 1 aromatic heterocycles. The quantitative estimate of drug-likeness (QED) is 0.725. The number of fused-ring (bicyclic) bond motifs is 2. The maximum atomic E-state index is 12.1. The highest BCUT2D eigenvalue weighted by Gasteiger charge is 2.45. The van der Waals surface area contributed by atoms with Gasteiger partial charge in [-0.05, 0) is 75.3 Å². The van der Waals surface area contributed by atoms with Gasteiger partial charge in [0, 0.05) is 41.3 Å². The highest BCUT2D eigenvalue weighted by atomic mass is 32.1. The molecule has 1 unspecified atom stereocenters. The lowest BCUT2D eigenvalue weighted by atomic mass is 9.76. The molecular weight excluding hydrogens is 396 g/mol. The van der Waals surface area contributed by atoms with E-state index in [9.17, 15) is 9.90 Å². The van der Waals surface area contributed by atoms with E-state index < -0.39 is 6.10 Å². The minimum atomic E-state index is -0.784. The third-order valence-corrected chi connectivity index (χ3v) is 9.21. The van der Waals surface area contributed by atoms with Crippen molar-refractivity contribution in [3.63, 3.8) is 0 Å². The molecule has 4 aliphatic rings. The molecule has 0 bridgehead atoms. The number of amides is 1. The molecule has 6 heteroatoms. The molecule has 0 radical (unpaired) electrons. The Labute approximate surface area is 184 Å². The van der Waals surface area contributed by atoms with Crippen molar-refractivity contribution in [2.45, 2.75) is 89.0 Å². The van der Waals surface area contributed by atoms with Gasteiger partial charge in [-0.25, -0.2) is 0 Å². The monoisotopic (exact) mass is 432 g/mol. The van der Waals surface area contributed by atoms with Gasteiger partial charge < -0.3 is 20.1 Å². The number of nitrogens with one attached hydrogen (secondary N) is 1. The molecule has 2 aliphatic carbocycles. The van der Waals surface area contributed by atoms with Crippen LogP contribution in [0.25, 0.3) is 0 Å². The smallest absolute Gasteiger partial charge is 0.249 e. The first kappa shape index (κ1) is 20.9. The predicted molar refractivity (Wildman–Crippen MR) is 119 cm³/mol. The zero-order chi connectivity index (χ0) is 20.9. The SMILES string of the molecule is CCc1cc2c(s1)CCO[C@@]21CCN(C[C@H]2C[C@@H](NC(=O)C(O)C3CC3)C2)[C@@H](C)C1. The van der Waals surface area contributed by atoms with Gasteiger partial charge in [0.2, 0.25) is 5.91 Å². The third kappa shape index (κ3) is 3.96. The summed E-state index contributed by atoms with van der Waals surface area (Å²) in [6.45, 7) is 7.67. The van der Waals surface area contributed by atoms with Gasteiger partial charge >= 0.3 is 0 Å². The highest BCUT2D eigenvalue weighted by molar-refractivity contribution is 7.12. The fraction of sp³-hybridized carbons (Fsp3) is 0.792. The van der Waals surface area contributed by atoms with Gasteiger partial charge in [0.15, 0.2) is 0 Å². The van der Waals surface area contributed by atoms with Gasteiger partial charge in [0.1, 0.15) is 6.10 Å². The van der Waals surface area contributed by atoms with Gasteiger partial charge in [-0.1, -0.05) is 6.92 Å². The summed E-state index contributed by atoms with van der Waals surface area (Å²) in [7, 11) is 0. The van der Waals surface area contributed by atoms with E-state index in [0.717, 1.165) is 71.1 Å². The van der Waals surface area contributed by atoms with Crippen LogP contribution in [0.15, 0.2) is 6.07 Å². The number of aliphatic hydroxyl groups is 1. The third-order valence-electron chi connectivity index (χ3n) is 7.87. The molecule has 1 aromatic rings. The van der Waals surface area contributed by atoms with E-state index in [1.54, 1.807) is 4.88 Å². The fourth-order valence-corrected chi connectivity index (χ4v) is 6.97. The number of hydrogen-bond acceptors (Lipinski definition) is 5. The number of aryl methyl sites for hydroxylation is 1. The maximum absolute atomic E-state index is 12.1. The van der Waals surface area contributed by atoms with Crippen molar-refractivity contribution in [3.8, 4) is 0 Å². The fourth-order valence-electron chi connectivity index (χ4n) is 5.79. The summed E-state index contributed by atoms with van der Waals surface area (Å²) >= 11 is 1.99. The van der Waals surface area contributed by atoms with Gasteiger partial charge in [0.25, 0.3) is 0 Å². The second kappa shape index (κ2) is 8.19. The van der Waals surface area contributed by atoms with E-state index in [1.165, 1.54) is 10.4 Å². The first-order valence-electron chi connectivity index (χ1n) is 12.0. The van der Waals surface area contributed by atoms with E-state index >= 15 is 0 Å². The van der Waals surface area contributed by atoms with Crippen molar-refractivity contribution in [3.05, 3.63) is 21.4 Å². The number of carbonyl (C=O) groups is 1. The standard InChI is InChI=1S/C24H36N2O3S/c1-3-19-12-20-21(30-19)6-9-29-24(20)7-8-26(15(2)13-24)14-16-10-18(11-16)25-23(28)22(27)17-4-5-17/h12,15-18,22,27H,3-11,13-14H2,1-2H3,(H,25,28)/t15-,16-,18+,22?,24+/m0/s1. The minimum absolute atomic E-state index is 0.0670. The van der Waals surface area contributed by atoms with Crippen molar-refractivity contribution < 1.29 is 14.6 Å². The van der Waals surface area contributed by atoms with Gasteiger partial charge in [0.05, 0.1) is 12.2 Å². The Hall–Kier alpha value is -0.950. The van der Waals surface area contributed by atoms with Gasteiger partial charge in [-0.2, -0.15) is 0 Å². The van der Waals surface area contributed by atoms with Crippen LogP contribution in [0.2, 0.25) is 0 Å². The average molecular weight is 433 g/mol. The molecule has 2 aliphatic heterocycles. The predicted octanol–water partition coefficient (Wildman–Crippen LogP) is 3.23. The Bertz CT molecular complexity index is 785. The number of rotatable bonds is 6. The van der Waals surface area contributed by atoms with Crippen molar-refractivity contribution >= 4 is 17.2 Å². The van der Waals surface area contributed by atoms with Crippen LogP contribution in [0.3, 0.4) is 0 Å². The Morgan fingerprint density at radius 1 is 1.43 bits per heavy atom. The Balaban J connectivity index is 1.13. The molecule has 5 nitrogen and oxygen atoms in total. The lowest BCUT2D eigenvalue weighted by Crippen LogP contribution is -2.54. The number of likely N-dealkylation sites (tertiary alicyclic amines) is 1. The average Bonchev–Trinajstić information content (AvgIpc) is 3.46. The summed E-state index contributed by atoms with van der Waals surface area (Å²) in [5.74, 6) is 0.712. The zero-order valence-electron chi connectivity index (χ0n) is 18.4. The molecule has 2 N–H and O–H groups in total. The summed E-state index contributed by atoms with van der Waals surface area (Å²) in [4.78, 5) is 17.8. The number of aliphatic hydroxyl groups excluding tert-OH is 1. The van der Waals surface area contributed by atoms with Gasteiger partial charge in [-0.3, -0.25) is 4.79 Å². The zero-order valence-corrected chi connectivity index (χ0v) is 19.2. The molecule has 166 valence electrons. The molecule has 1 amide bonds. The van der Waals surface area contributed by atoms with Crippen LogP contribution in [-0.4, -0.2) is 53.8 Å². The van der Waals surface area contributed by atoms with Crippen molar-refractivity contribution in [1.29, 1.82) is 0 Å². The van der Waals surface area contributed by atoms with Crippen molar-refractivity contribution in [1.82, 2.24) is 10.2 Å². The minimum Gasteiger partial charge on any atom is -0.383 e. The molecule has 5 rings (SSSR count). The number of nitrogens with zero attached hydrogens (tertiary/aromatic N) is 1.